The summed E-state index contributed by atoms with van der Waals surface area (Å²) in [6, 6.07) is 0. The van der Waals surface area contributed by atoms with Gasteiger partial charge in [0, 0.05) is 12.8 Å². The lowest BCUT2D eigenvalue weighted by atomic mass is 10.0. The number of likely N-dealkylation sites (N-methyl/N-ethyl adjacent to an activating group) is 1. The van der Waals surface area contributed by atoms with Crippen molar-refractivity contribution in [3.05, 3.63) is 0 Å². The van der Waals surface area contributed by atoms with Crippen molar-refractivity contribution in [2.24, 2.45) is 0 Å². The van der Waals surface area contributed by atoms with Crippen LogP contribution in [0.5, 0.6) is 0 Å². The minimum atomic E-state index is -1.51. The molecule has 89 heavy (non-hydrogen) atoms. The van der Waals surface area contributed by atoms with Crippen LogP contribution in [-0.2, 0) is 33.3 Å². The summed E-state index contributed by atoms with van der Waals surface area (Å²) >= 11 is 0. The van der Waals surface area contributed by atoms with E-state index in [4.69, 9.17) is 18.9 Å². The topological polar surface area (TPSA) is 108 Å². The summed E-state index contributed by atoms with van der Waals surface area (Å²) in [4.78, 5) is 37.7. The van der Waals surface area contributed by atoms with Gasteiger partial charge in [-0.25, -0.2) is 4.79 Å². The van der Waals surface area contributed by atoms with Crippen molar-refractivity contribution in [3.63, 3.8) is 0 Å². The van der Waals surface area contributed by atoms with E-state index < -0.39 is 18.4 Å². The zero-order chi connectivity index (χ0) is 64.7. The Kier molecular flexibility index (Phi) is 70.7. The lowest BCUT2D eigenvalue weighted by molar-refractivity contribution is -0.870. The molecule has 0 aliphatic rings. The first-order valence-corrected chi connectivity index (χ1v) is 40.2. The van der Waals surface area contributed by atoms with Crippen molar-refractivity contribution in [1.29, 1.82) is 0 Å². The number of nitrogens with zero attached hydrogens (tertiary/aromatic N) is 1. The maximum absolute atomic E-state index is 13.0. The van der Waals surface area contributed by atoms with Gasteiger partial charge in [-0.1, -0.05) is 412 Å². The monoisotopic (exact) mass is 1260 g/mol. The fourth-order valence-corrected chi connectivity index (χ4v) is 12.7. The molecule has 0 aromatic carbocycles. The van der Waals surface area contributed by atoms with Crippen LogP contribution in [0.4, 0.5) is 0 Å². The minimum absolute atomic E-state index is 0.172. The lowest BCUT2D eigenvalue weighted by Crippen LogP contribution is -2.40. The zero-order valence-electron chi connectivity index (χ0n) is 60.9. The molecule has 0 saturated heterocycles. The number of ether oxygens (including phenoxy) is 4. The molecule has 0 aliphatic carbocycles. The predicted molar refractivity (Wildman–Crippen MR) is 383 cm³/mol. The number of hydrogen-bond acceptors (Lipinski definition) is 7. The Morgan fingerprint density at radius 1 is 0.292 bits per heavy atom. The summed E-state index contributed by atoms with van der Waals surface area (Å²) in [5, 5.41) is 9.77. The van der Waals surface area contributed by atoms with E-state index in [-0.39, 0.29) is 38.2 Å². The molecule has 0 heterocycles. The number of carboxylic acids is 1. The van der Waals surface area contributed by atoms with Gasteiger partial charge in [-0.3, -0.25) is 9.59 Å². The smallest absolute Gasteiger partial charge is 0.361 e. The molecular formula is C80H158NO8+. The summed E-state index contributed by atoms with van der Waals surface area (Å²) in [5.41, 5.74) is 0. The van der Waals surface area contributed by atoms with Crippen molar-refractivity contribution in [2.45, 2.75) is 450 Å². The first kappa shape index (κ1) is 87.3. The van der Waals surface area contributed by atoms with Gasteiger partial charge in [0.15, 0.2) is 6.10 Å². The van der Waals surface area contributed by atoms with Crippen molar-refractivity contribution in [2.75, 3.05) is 47.5 Å². The zero-order valence-corrected chi connectivity index (χ0v) is 60.9. The Morgan fingerprint density at radius 3 is 0.719 bits per heavy atom. The van der Waals surface area contributed by atoms with Crippen LogP contribution in [0.3, 0.4) is 0 Å². The predicted octanol–water partition coefficient (Wildman–Crippen LogP) is 25.4. The number of esters is 2. The molecule has 0 aliphatic heterocycles. The van der Waals surface area contributed by atoms with E-state index in [9.17, 15) is 19.5 Å². The molecule has 9 nitrogen and oxygen atoms in total. The highest BCUT2D eigenvalue weighted by Crippen LogP contribution is 2.21. The molecule has 0 saturated carbocycles. The molecule has 9 heteroatoms. The SMILES string of the molecule is CCCCCCCCCCCCCCCCCCCCCCCCCCCCCCCCCCCCCCCCC(=O)OC(COC(=O)CCCCCCCCCCCCCCCCCCCCCCCCCCCC)COC(OCC[N+](C)(C)C)C(=O)O. The van der Waals surface area contributed by atoms with Gasteiger partial charge in [0.05, 0.1) is 34.4 Å². The molecule has 530 valence electrons. The third kappa shape index (κ3) is 73.6. The largest absolute Gasteiger partial charge is 0.477 e. The maximum atomic E-state index is 13.0. The Bertz CT molecular complexity index is 1420. The van der Waals surface area contributed by atoms with Crippen LogP contribution >= 0.6 is 0 Å². The Balaban J connectivity index is 3.92. The molecule has 1 N–H and O–H groups in total. The van der Waals surface area contributed by atoms with E-state index in [0.717, 1.165) is 38.5 Å². The fraction of sp³-hybridized carbons (Fsp3) is 0.963. The average Bonchev–Trinajstić information content (AvgIpc) is 3.60. The van der Waals surface area contributed by atoms with Crippen LogP contribution in [0.15, 0.2) is 0 Å². The Morgan fingerprint density at radius 2 is 0.506 bits per heavy atom. The number of aliphatic carboxylic acids is 1. The van der Waals surface area contributed by atoms with E-state index in [2.05, 4.69) is 13.8 Å². The molecule has 0 radical (unpaired) electrons. The summed E-state index contributed by atoms with van der Waals surface area (Å²) in [6.07, 6.45) is 85.6. The molecule has 0 aromatic heterocycles. The molecule has 2 unspecified atom stereocenters. The minimum Gasteiger partial charge on any atom is -0.477 e. The molecule has 0 aromatic rings. The third-order valence-corrected chi connectivity index (χ3v) is 18.9. The number of rotatable bonds is 77. The van der Waals surface area contributed by atoms with E-state index in [1.807, 2.05) is 21.1 Å². The van der Waals surface area contributed by atoms with Crippen LogP contribution in [0.1, 0.15) is 438 Å². The van der Waals surface area contributed by atoms with Gasteiger partial charge in [-0.2, -0.15) is 0 Å². The van der Waals surface area contributed by atoms with Crippen LogP contribution in [0, 0.1) is 0 Å². The number of carbonyl (C=O) groups is 3. The lowest BCUT2D eigenvalue weighted by Gasteiger charge is -2.25. The van der Waals surface area contributed by atoms with Gasteiger partial charge in [0.2, 0.25) is 0 Å². The first-order valence-electron chi connectivity index (χ1n) is 40.2. The number of carboxylic acid groups (broad SMARTS) is 1. The molecule has 2 atom stereocenters. The highest BCUT2D eigenvalue weighted by Gasteiger charge is 2.25. The van der Waals surface area contributed by atoms with Gasteiger partial charge in [0.1, 0.15) is 13.2 Å². The number of hydrogen-bond donors (Lipinski definition) is 1. The van der Waals surface area contributed by atoms with E-state index in [1.165, 1.54) is 372 Å². The van der Waals surface area contributed by atoms with E-state index in [0.29, 0.717) is 17.4 Å². The molecule has 0 amide bonds. The highest BCUT2D eigenvalue weighted by atomic mass is 16.7. The second-order valence-corrected chi connectivity index (χ2v) is 29.1. The van der Waals surface area contributed by atoms with Crippen LogP contribution in [0.2, 0.25) is 0 Å². The van der Waals surface area contributed by atoms with Crippen LogP contribution < -0.4 is 0 Å². The second-order valence-electron chi connectivity index (χ2n) is 29.1. The van der Waals surface area contributed by atoms with Crippen LogP contribution in [-0.4, -0.2) is 87.4 Å². The molecular weight excluding hydrogens is 1100 g/mol. The van der Waals surface area contributed by atoms with Gasteiger partial charge in [0.25, 0.3) is 6.29 Å². The van der Waals surface area contributed by atoms with Gasteiger partial charge < -0.3 is 28.5 Å². The first-order chi connectivity index (χ1) is 43.6. The maximum Gasteiger partial charge on any atom is 0.361 e. The number of unbranched alkanes of at least 4 members (excludes halogenated alkanes) is 62. The second kappa shape index (κ2) is 72.1. The van der Waals surface area contributed by atoms with Crippen molar-refractivity contribution in [3.8, 4) is 0 Å². The van der Waals surface area contributed by atoms with Crippen molar-refractivity contribution < 1.29 is 42.9 Å². The van der Waals surface area contributed by atoms with Gasteiger partial charge in [-0.15, -0.1) is 0 Å². The summed E-state index contributed by atoms with van der Waals surface area (Å²) in [6.45, 7) is 4.98. The Hall–Kier alpha value is -1.71. The average molecular weight is 1260 g/mol. The molecule has 0 bridgehead atoms. The molecule has 0 spiro atoms. The standard InChI is InChI=1S/C80H157NO8/c1-6-8-10-12-14-16-18-20-22-24-26-28-30-32-34-35-36-37-38-39-40-41-42-43-44-45-47-49-51-53-55-57-59-61-63-65-67-69-71-78(83)89-76(75-88-80(79(84)85)86-73-72-81(3,4)5)74-87-77(82)70-68-66-64-62-60-58-56-54-52-50-48-46-33-31-29-27-25-23-21-19-17-15-13-11-9-7-2/h76,80H,6-75H2,1-5H3/p+1. The van der Waals surface area contributed by atoms with Crippen molar-refractivity contribution in [1.82, 2.24) is 0 Å². The third-order valence-electron chi connectivity index (χ3n) is 18.9. The molecule has 0 fully saturated rings. The van der Waals surface area contributed by atoms with Gasteiger partial charge >= 0.3 is 17.9 Å². The van der Waals surface area contributed by atoms with E-state index >= 15 is 0 Å². The summed E-state index contributed by atoms with van der Waals surface area (Å²) in [5.74, 6) is -1.96. The van der Waals surface area contributed by atoms with Crippen molar-refractivity contribution >= 4 is 17.9 Å². The summed E-state index contributed by atoms with van der Waals surface area (Å²) < 4.78 is 23.1. The highest BCUT2D eigenvalue weighted by molar-refractivity contribution is 5.71. The van der Waals surface area contributed by atoms with Gasteiger partial charge in [-0.05, 0) is 12.8 Å². The number of carbonyl (C=O) groups excluding carboxylic acids is 2. The van der Waals surface area contributed by atoms with E-state index in [1.54, 1.807) is 0 Å². The Labute approximate surface area is 555 Å². The quantitative estimate of drug-likeness (QED) is 0.0278. The normalized spacial score (nSPS) is 12.5. The molecule has 0 rings (SSSR count). The van der Waals surface area contributed by atoms with Crippen LogP contribution in [0.25, 0.3) is 0 Å². The summed E-state index contributed by atoms with van der Waals surface area (Å²) in [7, 11) is 6.00. The fourth-order valence-electron chi connectivity index (χ4n) is 12.7. The number of quaternary nitrogens is 1.